The highest BCUT2D eigenvalue weighted by Gasteiger charge is 2.02. The SMILES string of the molecule is CC(C)n1c(Br)c[nH]c1=S. The lowest BCUT2D eigenvalue weighted by Gasteiger charge is -2.06. The van der Waals surface area contributed by atoms with Gasteiger partial charge in [0.1, 0.15) is 4.60 Å². The molecule has 0 aliphatic carbocycles. The second-order valence-corrected chi connectivity index (χ2v) is 3.58. The Morgan fingerprint density at radius 3 is 2.50 bits per heavy atom. The van der Waals surface area contributed by atoms with Gasteiger partial charge < -0.3 is 9.55 Å². The van der Waals surface area contributed by atoms with Crippen LogP contribution in [0.25, 0.3) is 0 Å². The minimum Gasteiger partial charge on any atom is -0.336 e. The molecule has 1 aromatic heterocycles. The largest absolute Gasteiger partial charge is 0.336 e. The molecule has 0 radical (unpaired) electrons. The van der Waals surface area contributed by atoms with Gasteiger partial charge in [0.25, 0.3) is 0 Å². The molecule has 1 rings (SSSR count). The van der Waals surface area contributed by atoms with Crippen molar-refractivity contribution in [1.82, 2.24) is 9.55 Å². The highest BCUT2D eigenvalue weighted by atomic mass is 79.9. The Hall–Kier alpha value is -0.0900. The van der Waals surface area contributed by atoms with Crippen molar-refractivity contribution in [2.75, 3.05) is 0 Å². The molecule has 4 heteroatoms. The van der Waals surface area contributed by atoms with Gasteiger partial charge in [-0.2, -0.15) is 0 Å². The van der Waals surface area contributed by atoms with Crippen molar-refractivity contribution in [1.29, 1.82) is 0 Å². The molecule has 0 atom stereocenters. The van der Waals surface area contributed by atoms with E-state index >= 15 is 0 Å². The molecule has 2 nitrogen and oxygen atoms in total. The van der Waals surface area contributed by atoms with Gasteiger partial charge in [0.15, 0.2) is 4.77 Å². The average Bonchev–Trinajstić information content (AvgIpc) is 2.11. The van der Waals surface area contributed by atoms with Crippen molar-refractivity contribution in [2.45, 2.75) is 19.9 Å². The molecule has 1 aromatic rings. The van der Waals surface area contributed by atoms with E-state index in [1.807, 2.05) is 10.8 Å². The first kappa shape index (κ1) is 8.01. The summed E-state index contributed by atoms with van der Waals surface area (Å²) in [4.78, 5) is 2.95. The van der Waals surface area contributed by atoms with E-state index < -0.39 is 0 Å². The number of halogens is 1. The number of imidazole rings is 1. The maximum atomic E-state index is 5.03. The van der Waals surface area contributed by atoms with E-state index in [1.54, 1.807) is 0 Å². The first-order chi connectivity index (χ1) is 4.63. The Morgan fingerprint density at radius 2 is 2.30 bits per heavy atom. The third kappa shape index (κ3) is 1.32. The van der Waals surface area contributed by atoms with Crippen molar-refractivity contribution in [3.63, 3.8) is 0 Å². The van der Waals surface area contributed by atoms with Gasteiger partial charge in [-0.3, -0.25) is 0 Å². The third-order valence-electron chi connectivity index (χ3n) is 1.28. The maximum Gasteiger partial charge on any atom is 0.178 e. The highest BCUT2D eigenvalue weighted by Crippen LogP contribution is 2.15. The molecule has 0 spiro atoms. The smallest absolute Gasteiger partial charge is 0.178 e. The summed E-state index contributed by atoms with van der Waals surface area (Å²) in [6.07, 6.45) is 1.85. The minimum absolute atomic E-state index is 0.410. The fourth-order valence-electron chi connectivity index (χ4n) is 0.839. The highest BCUT2D eigenvalue weighted by molar-refractivity contribution is 9.10. The summed E-state index contributed by atoms with van der Waals surface area (Å²) in [5.41, 5.74) is 0. The van der Waals surface area contributed by atoms with E-state index in [9.17, 15) is 0 Å². The summed E-state index contributed by atoms with van der Waals surface area (Å²) in [6, 6.07) is 0.410. The van der Waals surface area contributed by atoms with Crippen LogP contribution < -0.4 is 0 Å². The van der Waals surface area contributed by atoms with Crippen LogP contribution in [0, 0.1) is 4.77 Å². The fourth-order valence-corrected chi connectivity index (χ4v) is 2.03. The zero-order valence-electron chi connectivity index (χ0n) is 5.89. The van der Waals surface area contributed by atoms with E-state index in [2.05, 4.69) is 34.8 Å². The molecule has 0 aliphatic rings. The number of hydrogen-bond acceptors (Lipinski definition) is 1. The standard InChI is InChI=1S/C6H9BrN2S/c1-4(2)9-5(7)3-8-6(9)10/h3-4H,1-2H3,(H,8,10). The van der Waals surface area contributed by atoms with E-state index in [0.29, 0.717) is 6.04 Å². The van der Waals surface area contributed by atoms with Crippen LogP contribution in [0.15, 0.2) is 10.8 Å². The Morgan fingerprint density at radius 1 is 1.70 bits per heavy atom. The zero-order chi connectivity index (χ0) is 7.72. The molecule has 0 saturated carbocycles. The van der Waals surface area contributed by atoms with Crippen LogP contribution in [0.4, 0.5) is 0 Å². The summed E-state index contributed by atoms with van der Waals surface area (Å²) in [5.74, 6) is 0. The predicted molar refractivity (Wildman–Crippen MR) is 47.7 cm³/mol. The van der Waals surface area contributed by atoms with Crippen molar-refractivity contribution in [3.8, 4) is 0 Å². The average molecular weight is 221 g/mol. The van der Waals surface area contributed by atoms with Crippen LogP contribution in [-0.2, 0) is 0 Å². The maximum absolute atomic E-state index is 5.03. The topological polar surface area (TPSA) is 20.7 Å². The third-order valence-corrected chi connectivity index (χ3v) is 2.21. The van der Waals surface area contributed by atoms with Gasteiger partial charge >= 0.3 is 0 Å². The Kier molecular flexibility index (Phi) is 2.31. The number of H-pyrrole nitrogens is 1. The van der Waals surface area contributed by atoms with Crippen LogP contribution in [-0.4, -0.2) is 9.55 Å². The molecular weight excluding hydrogens is 212 g/mol. The molecule has 10 heavy (non-hydrogen) atoms. The lowest BCUT2D eigenvalue weighted by molar-refractivity contribution is 0.582. The molecule has 0 fully saturated rings. The van der Waals surface area contributed by atoms with E-state index in [1.165, 1.54) is 0 Å². The first-order valence-corrected chi connectivity index (χ1v) is 4.28. The first-order valence-electron chi connectivity index (χ1n) is 3.08. The Labute approximate surface area is 73.4 Å². The van der Waals surface area contributed by atoms with E-state index in [0.717, 1.165) is 9.37 Å². The van der Waals surface area contributed by atoms with Gasteiger partial charge in [0.2, 0.25) is 0 Å². The number of nitrogens with zero attached hydrogens (tertiary/aromatic N) is 1. The van der Waals surface area contributed by atoms with Gasteiger partial charge in [-0.25, -0.2) is 0 Å². The number of nitrogens with one attached hydrogen (secondary N) is 1. The van der Waals surface area contributed by atoms with E-state index in [-0.39, 0.29) is 0 Å². The van der Waals surface area contributed by atoms with Crippen molar-refractivity contribution in [3.05, 3.63) is 15.6 Å². The fraction of sp³-hybridized carbons (Fsp3) is 0.500. The molecule has 0 unspecified atom stereocenters. The summed E-state index contributed by atoms with van der Waals surface area (Å²) in [6.45, 7) is 4.18. The summed E-state index contributed by atoms with van der Waals surface area (Å²) >= 11 is 8.41. The number of aromatic amines is 1. The number of rotatable bonds is 1. The van der Waals surface area contributed by atoms with Crippen LogP contribution in [0.5, 0.6) is 0 Å². The van der Waals surface area contributed by atoms with Crippen LogP contribution in [0.1, 0.15) is 19.9 Å². The van der Waals surface area contributed by atoms with Crippen LogP contribution >= 0.6 is 28.1 Å². The molecule has 0 aliphatic heterocycles. The number of aromatic nitrogens is 2. The van der Waals surface area contributed by atoms with Crippen LogP contribution in [0.2, 0.25) is 0 Å². The summed E-state index contributed by atoms with van der Waals surface area (Å²) in [5, 5.41) is 0. The molecule has 0 saturated heterocycles. The minimum atomic E-state index is 0.410. The molecule has 56 valence electrons. The lowest BCUT2D eigenvalue weighted by atomic mass is 10.4. The summed E-state index contributed by atoms with van der Waals surface area (Å²) < 4.78 is 3.78. The normalized spacial score (nSPS) is 10.8. The second-order valence-electron chi connectivity index (χ2n) is 2.38. The van der Waals surface area contributed by atoms with Crippen molar-refractivity contribution < 1.29 is 0 Å². The van der Waals surface area contributed by atoms with Gasteiger partial charge in [0, 0.05) is 12.2 Å². The molecule has 0 amide bonds. The van der Waals surface area contributed by atoms with Gasteiger partial charge in [0.05, 0.1) is 0 Å². The van der Waals surface area contributed by atoms with Gasteiger partial charge in [-0.15, -0.1) is 0 Å². The monoisotopic (exact) mass is 220 g/mol. The Balaban J connectivity index is 3.23. The molecule has 0 aromatic carbocycles. The lowest BCUT2D eigenvalue weighted by Crippen LogP contribution is -1.99. The number of hydrogen-bond donors (Lipinski definition) is 1. The predicted octanol–water partition coefficient (Wildman–Crippen LogP) is 2.89. The Bertz CT molecular complexity index is 274. The van der Waals surface area contributed by atoms with Crippen molar-refractivity contribution >= 4 is 28.1 Å². The zero-order valence-corrected chi connectivity index (χ0v) is 8.29. The summed E-state index contributed by atoms with van der Waals surface area (Å²) in [7, 11) is 0. The van der Waals surface area contributed by atoms with Crippen LogP contribution in [0.3, 0.4) is 0 Å². The van der Waals surface area contributed by atoms with E-state index in [4.69, 9.17) is 12.2 Å². The van der Waals surface area contributed by atoms with Gasteiger partial charge in [-0.05, 0) is 42.0 Å². The van der Waals surface area contributed by atoms with Gasteiger partial charge in [-0.1, -0.05) is 0 Å². The quantitative estimate of drug-likeness (QED) is 0.723. The molecular formula is C6H9BrN2S. The molecule has 1 heterocycles. The second kappa shape index (κ2) is 2.88. The molecule has 1 N–H and O–H groups in total. The van der Waals surface area contributed by atoms with Crippen molar-refractivity contribution in [2.24, 2.45) is 0 Å². The molecule has 0 bridgehead atoms.